The van der Waals surface area contributed by atoms with Crippen molar-refractivity contribution in [3.63, 3.8) is 0 Å². The first kappa shape index (κ1) is 13.8. The second kappa shape index (κ2) is 7.11. The Morgan fingerprint density at radius 1 is 1.16 bits per heavy atom. The predicted molar refractivity (Wildman–Crippen MR) is 74.2 cm³/mol. The van der Waals surface area contributed by atoms with Gasteiger partial charge in [-0.15, -0.1) is 0 Å². The molecule has 1 fully saturated rings. The van der Waals surface area contributed by atoms with Crippen LogP contribution in [0.3, 0.4) is 0 Å². The van der Waals surface area contributed by atoms with Gasteiger partial charge in [0.05, 0.1) is 0 Å². The lowest BCUT2D eigenvalue weighted by Crippen LogP contribution is -2.37. The Labute approximate surface area is 113 Å². The second-order valence-electron chi connectivity index (χ2n) is 4.65. The van der Waals surface area contributed by atoms with E-state index in [1.165, 1.54) is 0 Å². The van der Waals surface area contributed by atoms with Gasteiger partial charge in [0.2, 0.25) is 0 Å². The fourth-order valence-electron chi connectivity index (χ4n) is 2.21. The fraction of sp³-hybridized carbons (Fsp3) is 0.500. The highest BCUT2D eigenvalue weighted by atomic mass is 16.6. The zero-order valence-electron chi connectivity index (χ0n) is 11.1. The minimum Gasteiger partial charge on any atom is -0.410 e. The largest absolute Gasteiger partial charge is 0.415 e. The molecule has 1 aliphatic heterocycles. The molecule has 0 aromatic heterocycles. The van der Waals surface area contributed by atoms with Crippen LogP contribution in [0, 0.1) is 0 Å². The second-order valence-corrected chi connectivity index (χ2v) is 4.65. The molecule has 0 radical (unpaired) electrons. The van der Waals surface area contributed by atoms with Gasteiger partial charge in [0.15, 0.2) is 0 Å². The standard InChI is InChI=1S/C14H21N3O2/c15-7-10-16-8-4-9-17(12-11-16)14(18)19-13-5-2-1-3-6-13/h1-3,5-6H,4,7-12,15H2. The number of para-hydroxylation sites is 1. The Morgan fingerprint density at radius 3 is 2.68 bits per heavy atom. The first-order valence-electron chi connectivity index (χ1n) is 6.74. The summed E-state index contributed by atoms with van der Waals surface area (Å²) >= 11 is 0. The molecular formula is C14H21N3O2. The molecule has 0 atom stereocenters. The van der Waals surface area contributed by atoms with Crippen molar-refractivity contribution in [2.45, 2.75) is 6.42 Å². The molecule has 1 aromatic rings. The quantitative estimate of drug-likeness (QED) is 0.889. The molecule has 5 nitrogen and oxygen atoms in total. The maximum atomic E-state index is 12.0. The minimum atomic E-state index is -0.263. The van der Waals surface area contributed by atoms with Crippen molar-refractivity contribution in [2.75, 3.05) is 39.3 Å². The van der Waals surface area contributed by atoms with Gasteiger partial charge in [-0.05, 0) is 25.1 Å². The Kier molecular flexibility index (Phi) is 5.18. The Balaban J connectivity index is 1.86. The molecular weight excluding hydrogens is 242 g/mol. The van der Waals surface area contributed by atoms with E-state index in [4.69, 9.17) is 10.5 Å². The van der Waals surface area contributed by atoms with Crippen LogP contribution < -0.4 is 10.5 Å². The van der Waals surface area contributed by atoms with E-state index in [0.29, 0.717) is 18.8 Å². The highest BCUT2D eigenvalue weighted by Crippen LogP contribution is 2.11. The van der Waals surface area contributed by atoms with E-state index in [1.54, 1.807) is 17.0 Å². The molecule has 104 valence electrons. The number of rotatable bonds is 3. The first-order valence-corrected chi connectivity index (χ1v) is 6.74. The molecule has 1 amide bonds. The lowest BCUT2D eigenvalue weighted by molar-refractivity contribution is 0.153. The molecule has 19 heavy (non-hydrogen) atoms. The van der Waals surface area contributed by atoms with E-state index in [1.807, 2.05) is 18.2 Å². The summed E-state index contributed by atoms with van der Waals surface area (Å²) in [6.45, 7) is 4.85. The molecule has 5 heteroatoms. The maximum Gasteiger partial charge on any atom is 0.415 e. The van der Waals surface area contributed by atoms with Gasteiger partial charge in [-0.1, -0.05) is 18.2 Å². The average molecular weight is 263 g/mol. The Hall–Kier alpha value is -1.59. The predicted octanol–water partition coefficient (Wildman–Crippen LogP) is 1.15. The van der Waals surface area contributed by atoms with Gasteiger partial charge in [0.1, 0.15) is 5.75 Å². The van der Waals surface area contributed by atoms with E-state index in [2.05, 4.69) is 4.90 Å². The van der Waals surface area contributed by atoms with Gasteiger partial charge in [-0.2, -0.15) is 0 Å². The first-order chi connectivity index (χ1) is 9.29. The van der Waals surface area contributed by atoms with Crippen molar-refractivity contribution < 1.29 is 9.53 Å². The monoisotopic (exact) mass is 263 g/mol. The summed E-state index contributed by atoms with van der Waals surface area (Å²) in [6.07, 6.45) is 0.699. The number of hydrogen-bond acceptors (Lipinski definition) is 4. The van der Waals surface area contributed by atoms with Gasteiger partial charge < -0.3 is 20.3 Å². The molecule has 1 saturated heterocycles. The van der Waals surface area contributed by atoms with Crippen molar-refractivity contribution in [3.05, 3.63) is 30.3 Å². The van der Waals surface area contributed by atoms with Gasteiger partial charge in [0.25, 0.3) is 0 Å². The molecule has 0 bridgehead atoms. The van der Waals surface area contributed by atoms with Crippen molar-refractivity contribution in [3.8, 4) is 5.75 Å². The molecule has 1 aromatic carbocycles. The van der Waals surface area contributed by atoms with Crippen LogP contribution in [0.4, 0.5) is 4.79 Å². The minimum absolute atomic E-state index is 0.263. The summed E-state index contributed by atoms with van der Waals surface area (Å²) < 4.78 is 5.35. The number of nitrogens with two attached hydrogens (primary N) is 1. The molecule has 0 saturated carbocycles. The van der Waals surface area contributed by atoms with Crippen LogP contribution in [-0.4, -0.2) is 55.2 Å². The summed E-state index contributed by atoms with van der Waals surface area (Å²) in [4.78, 5) is 16.1. The van der Waals surface area contributed by atoms with Crippen molar-refractivity contribution in [1.82, 2.24) is 9.80 Å². The highest BCUT2D eigenvalue weighted by molar-refractivity contribution is 5.70. The van der Waals surface area contributed by atoms with Crippen LogP contribution in [0.5, 0.6) is 5.75 Å². The summed E-state index contributed by atoms with van der Waals surface area (Å²) in [7, 11) is 0. The number of benzene rings is 1. The number of ether oxygens (including phenoxy) is 1. The average Bonchev–Trinajstić information content (AvgIpc) is 2.66. The number of carbonyl (C=O) groups is 1. The summed E-state index contributed by atoms with van der Waals surface area (Å²) in [5.41, 5.74) is 5.56. The van der Waals surface area contributed by atoms with Crippen LogP contribution in [-0.2, 0) is 0 Å². The third kappa shape index (κ3) is 4.22. The zero-order valence-corrected chi connectivity index (χ0v) is 11.1. The summed E-state index contributed by atoms with van der Waals surface area (Å²) in [5.74, 6) is 0.593. The van der Waals surface area contributed by atoms with E-state index in [9.17, 15) is 4.79 Å². The van der Waals surface area contributed by atoms with E-state index in [0.717, 1.165) is 32.6 Å². The van der Waals surface area contributed by atoms with Crippen LogP contribution in [0.1, 0.15) is 6.42 Å². The number of hydrogen-bond donors (Lipinski definition) is 1. The molecule has 2 rings (SSSR count). The molecule has 1 heterocycles. The van der Waals surface area contributed by atoms with Crippen LogP contribution in [0.25, 0.3) is 0 Å². The van der Waals surface area contributed by atoms with Crippen molar-refractivity contribution in [2.24, 2.45) is 5.73 Å². The summed E-state index contributed by atoms with van der Waals surface area (Å²) in [6, 6.07) is 9.18. The third-order valence-corrected chi connectivity index (χ3v) is 3.24. The number of nitrogens with zero attached hydrogens (tertiary/aromatic N) is 2. The van der Waals surface area contributed by atoms with Crippen LogP contribution in [0.15, 0.2) is 30.3 Å². The molecule has 0 unspecified atom stereocenters. The van der Waals surface area contributed by atoms with E-state index >= 15 is 0 Å². The summed E-state index contributed by atoms with van der Waals surface area (Å²) in [5, 5.41) is 0. The lowest BCUT2D eigenvalue weighted by atomic mass is 10.3. The Morgan fingerprint density at radius 2 is 1.95 bits per heavy atom. The van der Waals surface area contributed by atoms with Gasteiger partial charge in [-0.25, -0.2) is 4.79 Å². The lowest BCUT2D eigenvalue weighted by Gasteiger charge is -2.21. The van der Waals surface area contributed by atoms with E-state index < -0.39 is 0 Å². The van der Waals surface area contributed by atoms with Gasteiger partial charge in [-0.3, -0.25) is 0 Å². The fourth-order valence-corrected chi connectivity index (χ4v) is 2.21. The molecule has 0 aliphatic carbocycles. The van der Waals surface area contributed by atoms with Crippen molar-refractivity contribution in [1.29, 1.82) is 0 Å². The van der Waals surface area contributed by atoms with Gasteiger partial charge >= 0.3 is 6.09 Å². The molecule has 2 N–H and O–H groups in total. The van der Waals surface area contributed by atoms with Crippen LogP contribution in [0.2, 0.25) is 0 Å². The molecule has 0 spiro atoms. The van der Waals surface area contributed by atoms with Crippen molar-refractivity contribution >= 4 is 6.09 Å². The Bertz CT molecular complexity index is 397. The van der Waals surface area contributed by atoms with E-state index in [-0.39, 0.29) is 6.09 Å². The smallest absolute Gasteiger partial charge is 0.410 e. The third-order valence-electron chi connectivity index (χ3n) is 3.24. The number of amides is 1. The number of carbonyl (C=O) groups excluding carboxylic acids is 1. The van der Waals surface area contributed by atoms with Crippen LogP contribution >= 0.6 is 0 Å². The normalized spacial score (nSPS) is 17.0. The highest BCUT2D eigenvalue weighted by Gasteiger charge is 2.20. The maximum absolute atomic E-state index is 12.0. The topological polar surface area (TPSA) is 58.8 Å². The zero-order chi connectivity index (χ0) is 13.5. The molecule has 1 aliphatic rings. The SMILES string of the molecule is NCCN1CCCN(C(=O)Oc2ccccc2)CC1. The van der Waals surface area contributed by atoms with Gasteiger partial charge in [0, 0.05) is 32.7 Å².